The first-order valence-corrected chi connectivity index (χ1v) is 12.9. The lowest BCUT2D eigenvalue weighted by molar-refractivity contribution is 0.0286. The Morgan fingerprint density at radius 3 is 2.49 bits per heavy atom. The Hall–Kier alpha value is -2.36. The molecule has 0 bridgehead atoms. The highest BCUT2D eigenvalue weighted by molar-refractivity contribution is 5.59. The maximum absolute atomic E-state index is 6.90. The number of rotatable bonds is 9. The van der Waals surface area contributed by atoms with E-state index in [0.29, 0.717) is 6.04 Å². The second-order valence-electron chi connectivity index (χ2n) is 9.77. The van der Waals surface area contributed by atoms with E-state index in [2.05, 4.69) is 88.4 Å². The van der Waals surface area contributed by atoms with Crippen molar-refractivity contribution >= 4 is 11.4 Å². The van der Waals surface area contributed by atoms with Gasteiger partial charge in [0.05, 0.1) is 13.3 Å². The normalized spacial score (nSPS) is 21.7. The number of methoxy groups -OCH3 is 1. The second-order valence-corrected chi connectivity index (χ2v) is 9.77. The third-order valence-electron chi connectivity index (χ3n) is 7.46. The van der Waals surface area contributed by atoms with Crippen molar-refractivity contribution in [2.24, 2.45) is 11.5 Å². The van der Waals surface area contributed by atoms with Crippen LogP contribution in [0.15, 0.2) is 42.5 Å². The van der Waals surface area contributed by atoms with E-state index in [1.54, 1.807) is 7.11 Å². The Morgan fingerprint density at radius 2 is 1.80 bits per heavy atom. The lowest BCUT2D eigenvalue weighted by Crippen LogP contribution is -2.65. The van der Waals surface area contributed by atoms with Crippen LogP contribution < -0.4 is 31.3 Å². The van der Waals surface area contributed by atoms with Crippen LogP contribution in [0.25, 0.3) is 0 Å². The predicted molar refractivity (Wildman–Crippen MR) is 145 cm³/mol. The van der Waals surface area contributed by atoms with Gasteiger partial charge >= 0.3 is 0 Å². The molecule has 2 heterocycles. The number of para-hydroxylation sites is 1. The van der Waals surface area contributed by atoms with Gasteiger partial charge in [-0.3, -0.25) is 10.6 Å². The van der Waals surface area contributed by atoms with Crippen LogP contribution in [0.3, 0.4) is 0 Å². The highest BCUT2D eigenvalue weighted by Crippen LogP contribution is 2.38. The number of nitrogens with zero attached hydrogens (tertiary/aromatic N) is 4. The molecule has 2 aliphatic heterocycles. The molecule has 0 aromatic heterocycles. The van der Waals surface area contributed by atoms with Crippen molar-refractivity contribution in [3.05, 3.63) is 53.6 Å². The highest BCUT2D eigenvalue weighted by atomic mass is 16.5. The van der Waals surface area contributed by atoms with E-state index in [1.807, 2.05) is 0 Å². The Balaban J connectivity index is 1.47. The van der Waals surface area contributed by atoms with Crippen LogP contribution in [0.5, 0.6) is 5.75 Å². The Bertz CT molecular complexity index is 960. The van der Waals surface area contributed by atoms with Gasteiger partial charge in [0, 0.05) is 62.3 Å². The molecule has 2 atom stereocenters. The average Bonchev–Trinajstić information content (AvgIpc) is 2.87. The van der Waals surface area contributed by atoms with E-state index in [-0.39, 0.29) is 12.5 Å². The first-order valence-electron chi connectivity index (χ1n) is 12.9. The second kappa shape index (κ2) is 11.6. The molecule has 2 aromatic rings. The smallest absolute Gasteiger partial charge is 0.136 e. The zero-order valence-corrected chi connectivity index (χ0v) is 21.8. The van der Waals surface area contributed by atoms with Gasteiger partial charge in [0.25, 0.3) is 0 Å². The molecule has 0 spiro atoms. The average molecular weight is 482 g/mol. The molecule has 5 N–H and O–H groups in total. The molecule has 192 valence electrons. The molecule has 2 aliphatic rings. The van der Waals surface area contributed by atoms with E-state index < -0.39 is 0 Å². The Labute approximate surface area is 210 Å². The molecule has 2 unspecified atom stereocenters. The molecular formula is C27H43N7O. The van der Waals surface area contributed by atoms with Crippen LogP contribution >= 0.6 is 0 Å². The number of ether oxygens (including phenoxy) is 1. The van der Waals surface area contributed by atoms with Gasteiger partial charge in [0.15, 0.2) is 0 Å². The highest BCUT2D eigenvalue weighted by Gasteiger charge is 2.40. The number of piperidine rings is 1. The van der Waals surface area contributed by atoms with Crippen molar-refractivity contribution in [1.82, 2.24) is 15.1 Å². The van der Waals surface area contributed by atoms with Crippen LogP contribution in [0.4, 0.5) is 11.4 Å². The first kappa shape index (κ1) is 25.7. The van der Waals surface area contributed by atoms with Crippen molar-refractivity contribution in [1.29, 1.82) is 0 Å². The van der Waals surface area contributed by atoms with Crippen molar-refractivity contribution < 1.29 is 4.74 Å². The van der Waals surface area contributed by atoms with E-state index >= 15 is 0 Å². The number of likely N-dealkylation sites (tertiary alicyclic amines) is 1. The van der Waals surface area contributed by atoms with Gasteiger partial charge in [-0.25, -0.2) is 4.90 Å². The molecule has 1 fully saturated rings. The Morgan fingerprint density at radius 1 is 1.06 bits per heavy atom. The number of hydrogen-bond donors (Lipinski definition) is 3. The van der Waals surface area contributed by atoms with Crippen molar-refractivity contribution in [3.63, 3.8) is 0 Å². The summed E-state index contributed by atoms with van der Waals surface area (Å²) in [5.74, 6) is 0.950. The summed E-state index contributed by atoms with van der Waals surface area (Å²) in [6, 6.07) is 15.1. The summed E-state index contributed by atoms with van der Waals surface area (Å²) in [5.41, 5.74) is 18.5. The van der Waals surface area contributed by atoms with Gasteiger partial charge in [0.1, 0.15) is 12.0 Å². The molecule has 1 saturated heterocycles. The van der Waals surface area contributed by atoms with Gasteiger partial charge in [-0.2, -0.15) is 0 Å². The molecule has 0 aliphatic carbocycles. The van der Waals surface area contributed by atoms with E-state index in [4.69, 9.17) is 16.2 Å². The summed E-state index contributed by atoms with van der Waals surface area (Å²) in [6.07, 6.45) is 1.65. The number of anilines is 2. The number of nitrogens with two attached hydrogens (primary N) is 2. The SMILES string of the molecule is CCNCCN1c2ccccc2C(N)N(C2CCN(Cc3c(OC)cccc3N(C)C)CC2)C1N. The van der Waals surface area contributed by atoms with Crippen LogP contribution in [-0.2, 0) is 6.54 Å². The van der Waals surface area contributed by atoms with E-state index in [9.17, 15) is 0 Å². The molecule has 0 saturated carbocycles. The molecule has 0 radical (unpaired) electrons. The van der Waals surface area contributed by atoms with E-state index in [0.717, 1.165) is 69.1 Å². The van der Waals surface area contributed by atoms with Crippen LogP contribution in [0, 0.1) is 0 Å². The maximum atomic E-state index is 6.90. The lowest BCUT2D eigenvalue weighted by atomic mass is 9.97. The van der Waals surface area contributed by atoms with Crippen molar-refractivity contribution in [2.75, 3.05) is 63.7 Å². The van der Waals surface area contributed by atoms with Gasteiger partial charge in [-0.05, 0) is 50.7 Å². The largest absolute Gasteiger partial charge is 0.496 e. The number of hydrogen-bond acceptors (Lipinski definition) is 8. The minimum atomic E-state index is -0.232. The van der Waals surface area contributed by atoms with Gasteiger partial charge < -0.3 is 25.6 Å². The summed E-state index contributed by atoms with van der Waals surface area (Å²) in [6.45, 7) is 7.72. The standard InChI is InChI=1S/C27H43N7O/c1-5-30-15-18-33-24-10-7-6-9-21(24)26(28)34(27(33)29)20-13-16-32(17-14-20)19-22-23(31(2)3)11-8-12-25(22)35-4/h6-12,20,26-27,30H,5,13-19,28-29H2,1-4H3. The maximum Gasteiger partial charge on any atom is 0.136 e. The summed E-state index contributed by atoms with van der Waals surface area (Å²) < 4.78 is 5.70. The van der Waals surface area contributed by atoms with Crippen LogP contribution in [0.1, 0.15) is 37.1 Å². The monoisotopic (exact) mass is 481 g/mol. The fourth-order valence-corrected chi connectivity index (χ4v) is 5.62. The van der Waals surface area contributed by atoms with Gasteiger partial charge in [-0.1, -0.05) is 31.2 Å². The first-order chi connectivity index (χ1) is 17.0. The molecule has 4 rings (SSSR count). The minimum absolute atomic E-state index is 0.192. The lowest BCUT2D eigenvalue weighted by Gasteiger charge is -2.51. The summed E-state index contributed by atoms with van der Waals surface area (Å²) in [5, 5.41) is 3.44. The van der Waals surface area contributed by atoms with Crippen molar-refractivity contribution in [2.45, 2.75) is 44.8 Å². The van der Waals surface area contributed by atoms with E-state index in [1.165, 1.54) is 11.3 Å². The predicted octanol–water partition coefficient (Wildman–Crippen LogP) is 2.36. The zero-order valence-electron chi connectivity index (χ0n) is 21.8. The molecule has 35 heavy (non-hydrogen) atoms. The molecule has 0 amide bonds. The third kappa shape index (κ3) is 5.42. The number of benzene rings is 2. The summed E-state index contributed by atoms with van der Waals surface area (Å²) in [7, 11) is 5.93. The topological polar surface area (TPSA) is 86.3 Å². The molecule has 2 aromatic carbocycles. The van der Waals surface area contributed by atoms with Crippen LogP contribution in [-0.4, -0.2) is 76.1 Å². The number of fused-ring (bicyclic) bond motifs is 1. The zero-order chi connectivity index (χ0) is 24.9. The summed E-state index contributed by atoms with van der Waals surface area (Å²) in [4.78, 5) is 9.35. The molecular weight excluding hydrogens is 438 g/mol. The Kier molecular flexibility index (Phi) is 8.51. The fourth-order valence-electron chi connectivity index (χ4n) is 5.62. The quantitative estimate of drug-likeness (QED) is 0.471. The minimum Gasteiger partial charge on any atom is -0.496 e. The van der Waals surface area contributed by atoms with Crippen LogP contribution in [0.2, 0.25) is 0 Å². The number of nitrogens with one attached hydrogen (secondary N) is 1. The third-order valence-corrected chi connectivity index (χ3v) is 7.46. The molecule has 8 nitrogen and oxygen atoms in total. The summed E-state index contributed by atoms with van der Waals surface area (Å²) >= 11 is 0. The van der Waals surface area contributed by atoms with Gasteiger partial charge in [0.2, 0.25) is 0 Å². The van der Waals surface area contributed by atoms with Crippen molar-refractivity contribution in [3.8, 4) is 5.75 Å². The number of likely N-dealkylation sites (N-methyl/N-ethyl adjacent to an activating group) is 1. The fraction of sp³-hybridized carbons (Fsp3) is 0.556. The molecule has 8 heteroatoms. The van der Waals surface area contributed by atoms with Gasteiger partial charge in [-0.15, -0.1) is 0 Å².